The molecule has 0 aliphatic carbocycles. The maximum absolute atomic E-state index is 12.8. The highest BCUT2D eigenvalue weighted by Gasteiger charge is 2.30. The van der Waals surface area contributed by atoms with Crippen molar-refractivity contribution in [3.05, 3.63) is 93.7 Å². The molecule has 2 aromatic heterocycles. The normalized spacial score (nSPS) is 11.6. The molecule has 4 rings (SSSR count). The van der Waals surface area contributed by atoms with Crippen LogP contribution in [0.3, 0.4) is 0 Å². The summed E-state index contributed by atoms with van der Waals surface area (Å²) in [7, 11) is 0. The molecule has 33 heavy (non-hydrogen) atoms. The van der Waals surface area contributed by atoms with Crippen molar-refractivity contribution in [3.63, 3.8) is 0 Å². The average molecular weight is 455 g/mol. The number of hydrogen-bond donors (Lipinski definition) is 1. The number of aryl methyl sites for hydroxylation is 1. The Morgan fingerprint density at radius 3 is 2.67 bits per heavy atom. The first-order chi connectivity index (χ1) is 15.7. The lowest BCUT2D eigenvalue weighted by Gasteiger charge is -2.10. The quantitative estimate of drug-likeness (QED) is 0.483. The molecule has 0 spiro atoms. The molecular formula is C23H20F3N5O2. The van der Waals surface area contributed by atoms with Crippen LogP contribution in [0.2, 0.25) is 0 Å². The number of nitrogens with zero attached hydrogens (tertiary/aromatic N) is 4. The molecule has 10 heteroatoms. The third-order valence-electron chi connectivity index (χ3n) is 5.29. The number of amides is 1. The average Bonchev–Trinajstić information content (AvgIpc) is 3.20. The molecule has 0 radical (unpaired) electrons. The third kappa shape index (κ3) is 4.79. The first kappa shape index (κ1) is 22.3. The van der Waals surface area contributed by atoms with Gasteiger partial charge < -0.3 is 5.32 Å². The van der Waals surface area contributed by atoms with Crippen LogP contribution in [0.1, 0.15) is 27.0 Å². The number of carbonyl (C=O) groups excluding carboxylic acids is 1. The van der Waals surface area contributed by atoms with E-state index in [1.165, 1.54) is 33.9 Å². The molecule has 0 saturated carbocycles. The second-order valence-electron chi connectivity index (χ2n) is 7.54. The number of alkyl halides is 3. The van der Waals surface area contributed by atoms with E-state index in [1.807, 2.05) is 31.2 Å². The van der Waals surface area contributed by atoms with Gasteiger partial charge in [-0.2, -0.15) is 18.3 Å². The summed E-state index contributed by atoms with van der Waals surface area (Å²) in [6.07, 6.45) is -1.65. The van der Waals surface area contributed by atoms with Crippen LogP contribution in [0.4, 0.5) is 13.2 Å². The molecule has 4 aromatic rings. The summed E-state index contributed by atoms with van der Waals surface area (Å²) >= 11 is 0. The van der Waals surface area contributed by atoms with Crippen molar-refractivity contribution < 1.29 is 18.0 Å². The number of nitrogens with one attached hydrogen (secondary N) is 1. The van der Waals surface area contributed by atoms with E-state index in [1.54, 1.807) is 0 Å². The van der Waals surface area contributed by atoms with E-state index in [0.717, 1.165) is 23.3 Å². The molecule has 0 bridgehead atoms. The zero-order chi connectivity index (χ0) is 23.6. The standard InChI is InChI=1S/C23H20F3N5O2/c1-15-5-2-3-6-17(15)13-30-14-28-20-19(22(30)33)12-29-31(20)10-9-27-21(32)16-7-4-8-18(11-16)23(24,25)26/h2-8,11-12,14H,9-10,13H2,1H3,(H,27,32). The summed E-state index contributed by atoms with van der Waals surface area (Å²) in [4.78, 5) is 29.4. The highest BCUT2D eigenvalue weighted by Crippen LogP contribution is 2.29. The largest absolute Gasteiger partial charge is 0.416 e. The second kappa shape index (κ2) is 8.89. The van der Waals surface area contributed by atoms with Crippen LogP contribution in [0, 0.1) is 6.92 Å². The first-order valence-electron chi connectivity index (χ1n) is 10.1. The highest BCUT2D eigenvalue weighted by molar-refractivity contribution is 5.94. The number of carbonyl (C=O) groups is 1. The van der Waals surface area contributed by atoms with Gasteiger partial charge in [0.15, 0.2) is 5.65 Å². The first-order valence-corrected chi connectivity index (χ1v) is 10.1. The topological polar surface area (TPSA) is 81.8 Å². The maximum Gasteiger partial charge on any atom is 0.416 e. The number of aromatic nitrogens is 4. The van der Waals surface area contributed by atoms with E-state index < -0.39 is 17.6 Å². The Morgan fingerprint density at radius 2 is 1.91 bits per heavy atom. The van der Waals surface area contributed by atoms with Crippen molar-refractivity contribution in [2.75, 3.05) is 6.54 Å². The number of rotatable bonds is 6. The SMILES string of the molecule is Cc1ccccc1Cn1cnc2c(cnn2CCNC(=O)c2cccc(C(F)(F)F)c2)c1=O. The van der Waals surface area contributed by atoms with Gasteiger partial charge in [-0.3, -0.25) is 14.2 Å². The van der Waals surface area contributed by atoms with Gasteiger partial charge in [-0.25, -0.2) is 9.67 Å². The van der Waals surface area contributed by atoms with Crippen LogP contribution in [0.5, 0.6) is 0 Å². The summed E-state index contributed by atoms with van der Waals surface area (Å²) in [5, 5.41) is 7.09. The highest BCUT2D eigenvalue weighted by atomic mass is 19.4. The third-order valence-corrected chi connectivity index (χ3v) is 5.29. The van der Waals surface area contributed by atoms with E-state index in [0.29, 0.717) is 17.6 Å². The van der Waals surface area contributed by atoms with Gasteiger partial charge in [0.2, 0.25) is 0 Å². The van der Waals surface area contributed by atoms with Gasteiger partial charge in [0, 0.05) is 12.1 Å². The van der Waals surface area contributed by atoms with Gasteiger partial charge in [0.25, 0.3) is 11.5 Å². The van der Waals surface area contributed by atoms with Gasteiger partial charge in [-0.15, -0.1) is 0 Å². The molecule has 170 valence electrons. The van der Waals surface area contributed by atoms with Crippen molar-refractivity contribution >= 4 is 16.9 Å². The van der Waals surface area contributed by atoms with Crippen molar-refractivity contribution in [3.8, 4) is 0 Å². The van der Waals surface area contributed by atoms with Gasteiger partial charge in [0.1, 0.15) is 11.7 Å². The predicted molar refractivity (Wildman–Crippen MR) is 116 cm³/mol. The fourth-order valence-electron chi connectivity index (χ4n) is 3.46. The van der Waals surface area contributed by atoms with Crippen molar-refractivity contribution in [1.29, 1.82) is 0 Å². The van der Waals surface area contributed by atoms with E-state index >= 15 is 0 Å². The Balaban J connectivity index is 1.45. The molecule has 7 nitrogen and oxygen atoms in total. The zero-order valence-corrected chi connectivity index (χ0v) is 17.6. The Hall–Kier alpha value is -3.95. The molecule has 0 atom stereocenters. The predicted octanol–water partition coefficient (Wildman–Crippen LogP) is 3.40. The van der Waals surface area contributed by atoms with E-state index in [-0.39, 0.29) is 24.2 Å². The molecule has 1 amide bonds. The molecule has 0 fully saturated rings. The lowest BCUT2D eigenvalue weighted by atomic mass is 10.1. The molecule has 0 aliphatic heterocycles. The van der Waals surface area contributed by atoms with Gasteiger partial charge in [-0.1, -0.05) is 30.3 Å². The van der Waals surface area contributed by atoms with Crippen LogP contribution in [-0.4, -0.2) is 31.8 Å². The molecule has 1 N–H and O–H groups in total. The van der Waals surface area contributed by atoms with Crippen LogP contribution in [0.15, 0.2) is 65.8 Å². The zero-order valence-electron chi connectivity index (χ0n) is 17.6. The summed E-state index contributed by atoms with van der Waals surface area (Å²) in [5.74, 6) is -0.633. The minimum Gasteiger partial charge on any atom is -0.350 e. The Labute approximate surface area is 186 Å². The van der Waals surface area contributed by atoms with Crippen LogP contribution < -0.4 is 10.9 Å². The summed E-state index contributed by atoms with van der Waals surface area (Å²) in [5.41, 5.74) is 1.23. The monoisotopic (exact) mass is 455 g/mol. The number of hydrogen-bond acceptors (Lipinski definition) is 4. The summed E-state index contributed by atoms with van der Waals surface area (Å²) < 4.78 is 41.5. The lowest BCUT2D eigenvalue weighted by molar-refractivity contribution is -0.137. The van der Waals surface area contributed by atoms with Gasteiger partial charge in [-0.05, 0) is 36.2 Å². The van der Waals surface area contributed by atoms with Gasteiger partial charge >= 0.3 is 6.18 Å². The Kier molecular flexibility index (Phi) is 5.99. The Bertz CT molecular complexity index is 1370. The number of benzene rings is 2. The van der Waals surface area contributed by atoms with Crippen molar-refractivity contribution in [2.45, 2.75) is 26.2 Å². The lowest BCUT2D eigenvalue weighted by Crippen LogP contribution is -2.28. The fourth-order valence-corrected chi connectivity index (χ4v) is 3.46. The number of halogens is 3. The molecule has 0 aliphatic rings. The maximum atomic E-state index is 12.8. The smallest absolute Gasteiger partial charge is 0.350 e. The Morgan fingerprint density at radius 1 is 1.12 bits per heavy atom. The second-order valence-corrected chi connectivity index (χ2v) is 7.54. The minimum absolute atomic E-state index is 0.0904. The van der Waals surface area contributed by atoms with Crippen molar-refractivity contribution in [2.24, 2.45) is 0 Å². The molecule has 2 heterocycles. The molecule has 0 unspecified atom stereocenters. The summed E-state index contributed by atoms with van der Waals surface area (Å²) in [6, 6.07) is 12.0. The van der Waals surface area contributed by atoms with E-state index in [2.05, 4.69) is 15.4 Å². The molecule has 0 saturated heterocycles. The fraction of sp³-hybridized carbons (Fsp3) is 0.217. The van der Waals surface area contributed by atoms with E-state index in [9.17, 15) is 22.8 Å². The van der Waals surface area contributed by atoms with Crippen molar-refractivity contribution in [1.82, 2.24) is 24.6 Å². The molecule has 2 aromatic carbocycles. The molecular weight excluding hydrogens is 435 g/mol. The minimum atomic E-state index is -4.53. The van der Waals surface area contributed by atoms with Crippen LogP contribution in [0.25, 0.3) is 11.0 Å². The number of fused-ring (bicyclic) bond motifs is 1. The summed E-state index contributed by atoms with van der Waals surface area (Å²) in [6.45, 7) is 2.65. The van der Waals surface area contributed by atoms with Crippen LogP contribution in [-0.2, 0) is 19.3 Å². The van der Waals surface area contributed by atoms with Crippen LogP contribution >= 0.6 is 0 Å². The van der Waals surface area contributed by atoms with Gasteiger partial charge in [0.05, 0.1) is 24.8 Å². The van der Waals surface area contributed by atoms with E-state index in [4.69, 9.17) is 0 Å².